The second-order valence-corrected chi connectivity index (χ2v) is 8.35. The van der Waals surface area contributed by atoms with E-state index in [9.17, 15) is 22.8 Å². The minimum atomic E-state index is -4.60. The molecule has 7 nitrogen and oxygen atoms in total. The standard InChI is InChI=1S/C24H24F3N5O2/c1-30(2)12-11-28-22(33)21-20-19(29-14-31(20)3)18-13-15(24(25,26)27)9-10-17(18)23(34)32(21)16-7-5-4-6-8-16/h4-10,13-14,21H,11-12H2,1-3H3,(H,28,33). The van der Waals surface area contributed by atoms with Crippen molar-refractivity contribution in [2.75, 3.05) is 32.1 Å². The maximum Gasteiger partial charge on any atom is 0.416 e. The number of amides is 2. The van der Waals surface area contributed by atoms with Crippen molar-refractivity contribution >= 4 is 17.5 Å². The number of imidazole rings is 1. The third kappa shape index (κ3) is 4.28. The Balaban J connectivity index is 1.93. The fourth-order valence-corrected chi connectivity index (χ4v) is 4.04. The Bertz CT molecular complexity index is 1220. The molecule has 1 N–H and O–H groups in total. The topological polar surface area (TPSA) is 70.5 Å². The van der Waals surface area contributed by atoms with Gasteiger partial charge < -0.3 is 14.8 Å². The number of carbonyl (C=O) groups excluding carboxylic acids is 2. The molecular formula is C24H24F3N5O2. The van der Waals surface area contributed by atoms with E-state index >= 15 is 0 Å². The summed E-state index contributed by atoms with van der Waals surface area (Å²) in [5.74, 6) is -1.03. The van der Waals surface area contributed by atoms with Crippen LogP contribution in [-0.2, 0) is 18.0 Å². The number of fused-ring (bicyclic) bond motifs is 3. The fourth-order valence-electron chi connectivity index (χ4n) is 4.04. The predicted molar refractivity (Wildman–Crippen MR) is 121 cm³/mol. The van der Waals surface area contributed by atoms with E-state index in [-0.39, 0.29) is 16.8 Å². The van der Waals surface area contributed by atoms with Gasteiger partial charge in [-0.25, -0.2) is 4.98 Å². The van der Waals surface area contributed by atoms with Crippen LogP contribution >= 0.6 is 0 Å². The molecule has 1 atom stereocenters. The van der Waals surface area contributed by atoms with E-state index in [0.29, 0.717) is 24.5 Å². The number of nitrogens with one attached hydrogen (secondary N) is 1. The molecule has 3 aromatic rings. The third-order valence-electron chi connectivity index (χ3n) is 5.69. The Morgan fingerprint density at radius 2 is 1.82 bits per heavy atom. The number of likely N-dealkylation sites (N-methyl/N-ethyl adjacent to an activating group) is 1. The summed E-state index contributed by atoms with van der Waals surface area (Å²) in [7, 11) is 5.38. The first-order valence-corrected chi connectivity index (χ1v) is 10.6. The first-order chi connectivity index (χ1) is 16.1. The number of halogens is 3. The van der Waals surface area contributed by atoms with Gasteiger partial charge in [-0.15, -0.1) is 0 Å². The zero-order valence-corrected chi connectivity index (χ0v) is 18.9. The van der Waals surface area contributed by atoms with Crippen molar-refractivity contribution < 1.29 is 22.8 Å². The average Bonchev–Trinajstić information content (AvgIpc) is 3.11. The molecule has 0 saturated carbocycles. The Morgan fingerprint density at radius 3 is 2.47 bits per heavy atom. The molecule has 4 rings (SSSR count). The van der Waals surface area contributed by atoms with Crippen LogP contribution in [0.3, 0.4) is 0 Å². The monoisotopic (exact) mass is 471 g/mol. The molecule has 2 amide bonds. The molecule has 0 saturated heterocycles. The number of rotatable bonds is 5. The molecule has 1 aliphatic heterocycles. The first kappa shape index (κ1) is 23.5. The smallest absolute Gasteiger partial charge is 0.353 e. The van der Waals surface area contributed by atoms with Crippen molar-refractivity contribution in [3.8, 4) is 11.3 Å². The van der Waals surface area contributed by atoms with E-state index in [1.807, 2.05) is 19.0 Å². The zero-order valence-electron chi connectivity index (χ0n) is 18.9. The van der Waals surface area contributed by atoms with E-state index in [0.717, 1.165) is 18.2 Å². The predicted octanol–water partition coefficient (Wildman–Crippen LogP) is 3.49. The quantitative estimate of drug-likeness (QED) is 0.619. The number of aryl methyl sites for hydroxylation is 1. The van der Waals surface area contributed by atoms with Crippen LogP contribution in [0, 0.1) is 0 Å². The molecule has 0 spiro atoms. The van der Waals surface area contributed by atoms with Crippen LogP contribution in [0.1, 0.15) is 27.7 Å². The lowest BCUT2D eigenvalue weighted by atomic mass is 9.99. The van der Waals surface area contributed by atoms with E-state index in [2.05, 4.69) is 10.3 Å². The number of hydrogen-bond acceptors (Lipinski definition) is 4. The van der Waals surface area contributed by atoms with Crippen LogP contribution in [0.4, 0.5) is 18.9 Å². The van der Waals surface area contributed by atoms with Gasteiger partial charge in [0.25, 0.3) is 5.91 Å². The molecular weight excluding hydrogens is 447 g/mol. The largest absolute Gasteiger partial charge is 0.416 e. The van der Waals surface area contributed by atoms with Crippen molar-refractivity contribution in [3.05, 3.63) is 71.7 Å². The number of alkyl halides is 3. The lowest BCUT2D eigenvalue weighted by Crippen LogP contribution is -2.45. The maximum absolute atomic E-state index is 13.8. The summed E-state index contributed by atoms with van der Waals surface area (Å²) in [5.41, 5.74) is 0.136. The van der Waals surface area contributed by atoms with Crippen LogP contribution in [0.25, 0.3) is 11.3 Å². The number of aromatic nitrogens is 2. The number of hydrogen-bond donors (Lipinski definition) is 1. The molecule has 10 heteroatoms. The van der Waals surface area contributed by atoms with Crippen LogP contribution in [-0.4, -0.2) is 53.5 Å². The lowest BCUT2D eigenvalue weighted by Gasteiger charge is -2.30. The van der Waals surface area contributed by atoms with Crippen LogP contribution in [0.2, 0.25) is 0 Å². The highest BCUT2D eigenvalue weighted by molar-refractivity contribution is 6.15. The van der Waals surface area contributed by atoms with Gasteiger partial charge in [0.15, 0.2) is 6.04 Å². The van der Waals surface area contributed by atoms with Gasteiger partial charge in [-0.2, -0.15) is 13.2 Å². The Hall–Kier alpha value is -3.66. The fraction of sp³-hybridized carbons (Fsp3) is 0.292. The molecule has 2 aromatic carbocycles. The second-order valence-electron chi connectivity index (χ2n) is 8.35. The van der Waals surface area contributed by atoms with Crippen LogP contribution < -0.4 is 10.2 Å². The van der Waals surface area contributed by atoms with Gasteiger partial charge >= 0.3 is 6.18 Å². The molecule has 0 fully saturated rings. The number of para-hydroxylation sites is 1. The number of anilines is 1. The van der Waals surface area contributed by atoms with E-state index in [1.165, 1.54) is 11.2 Å². The zero-order chi connectivity index (χ0) is 24.6. The molecule has 34 heavy (non-hydrogen) atoms. The molecule has 178 valence electrons. The summed E-state index contributed by atoms with van der Waals surface area (Å²) in [5, 5.41) is 2.86. The van der Waals surface area contributed by atoms with Crippen LogP contribution in [0.5, 0.6) is 0 Å². The van der Waals surface area contributed by atoms with E-state index < -0.39 is 29.6 Å². The molecule has 1 aliphatic rings. The normalized spacial score (nSPS) is 15.7. The van der Waals surface area contributed by atoms with E-state index in [4.69, 9.17) is 0 Å². The summed E-state index contributed by atoms with van der Waals surface area (Å²) in [6.07, 6.45) is -3.16. The average molecular weight is 471 g/mol. The van der Waals surface area contributed by atoms with Crippen molar-refractivity contribution in [3.63, 3.8) is 0 Å². The van der Waals surface area contributed by atoms with Crippen molar-refractivity contribution in [2.24, 2.45) is 7.05 Å². The van der Waals surface area contributed by atoms with Gasteiger partial charge in [-0.1, -0.05) is 18.2 Å². The summed E-state index contributed by atoms with van der Waals surface area (Å²) in [6.45, 7) is 0.905. The Kier molecular flexibility index (Phi) is 6.18. The molecule has 1 unspecified atom stereocenters. The Morgan fingerprint density at radius 1 is 1.12 bits per heavy atom. The highest BCUT2D eigenvalue weighted by atomic mass is 19.4. The number of nitrogens with zero attached hydrogens (tertiary/aromatic N) is 4. The maximum atomic E-state index is 13.8. The van der Waals surface area contributed by atoms with Gasteiger partial charge in [-0.05, 0) is 44.4 Å². The molecule has 0 bridgehead atoms. The Labute approximate surface area is 194 Å². The van der Waals surface area contributed by atoms with E-state index in [1.54, 1.807) is 41.9 Å². The highest BCUT2D eigenvalue weighted by Crippen LogP contribution is 2.42. The van der Waals surface area contributed by atoms with Gasteiger partial charge in [0, 0.05) is 37.0 Å². The molecule has 0 radical (unpaired) electrons. The second kappa shape index (κ2) is 8.94. The highest BCUT2D eigenvalue weighted by Gasteiger charge is 2.42. The minimum absolute atomic E-state index is 0.0416. The minimum Gasteiger partial charge on any atom is -0.353 e. The summed E-state index contributed by atoms with van der Waals surface area (Å²) in [4.78, 5) is 34.8. The molecule has 0 aliphatic carbocycles. The SMILES string of the molecule is CN(C)CCNC(=O)C1c2c(ncn2C)-c2cc(C(F)(F)F)ccc2C(=O)N1c1ccccc1. The van der Waals surface area contributed by atoms with Gasteiger partial charge in [0.05, 0.1) is 23.3 Å². The first-order valence-electron chi connectivity index (χ1n) is 10.6. The van der Waals surface area contributed by atoms with Gasteiger partial charge in [0.2, 0.25) is 5.91 Å². The van der Waals surface area contributed by atoms with Gasteiger partial charge in [0.1, 0.15) is 0 Å². The van der Waals surface area contributed by atoms with Gasteiger partial charge in [-0.3, -0.25) is 14.5 Å². The number of benzene rings is 2. The summed E-state index contributed by atoms with van der Waals surface area (Å²) >= 11 is 0. The van der Waals surface area contributed by atoms with Crippen molar-refractivity contribution in [1.82, 2.24) is 19.8 Å². The number of carbonyl (C=O) groups is 2. The van der Waals surface area contributed by atoms with Crippen molar-refractivity contribution in [1.29, 1.82) is 0 Å². The third-order valence-corrected chi connectivity index (χ3v) is 5.69. The molecule has 2 heterocycles. The summed E-state index contributed by atoms with van der Waals surface area (Å²) < 4.78 is 42.1. The van der Waals surface area contributed by atoms with Crippen LogP contribution in [0.15, 0.2) is 54.9 Å². The lowest BCUT2D eigenvalue weighted by molar-refractivity contribution is -0.137. The molecule has 1 aromatic heterocycles. The summed E-state index contributed by atoms with van der Waals surface area (Å²) in [6, 6.07) is 10.4. The van der Waals surface area contributed by atoms with Crippen molar-refractivity contribution in [2.45, 2.75) is 12.2 Å².